The summed E-state index contributed by atoms with van der Waals surface area (Å²) in [5.41, 5.74) is 0. The molecule has 118 valence electrons. The van der Waals surface area contributed by atoms with Crippen LogP contribution in [0.15, 0.2) is 0 Å². The zero-order chi connectivity index (χ0) is 15.6. The van der Waals surface area contributed by atoms with E-state index in [1.807, 2.05) is 0 Å². The molecule has 1 atom stereocenters. The number of hydrogen-bond donors (Lipinski definition) is 0. The highest BCUT2D eigenvalue weighted by Crippen LogP contribution is 2.56. The number of ether oxygens (including phenoxy) is 2. The third-order valence-electron chi connectivity index (χ3n) is 1.75. The Hall–Kier alpha value is -1.00. The summed E-state index contributed by atoms with van der Waals surface area (Å²) in [5, 5.41) is 0. The SMILES string of the molecule is O=C1OCC(P(=O)(OCC(F)(F)F)OCC(F)(F)F)O1. The lowest BCUT2D eigenvalue weighted by atomic mass is 10.7. The molecule has 0 saturated carbocycles. The van der Waals surface area contributed by atoms with Crippen molar-refractivity contribution in [2.24, 2.45) is 0 Å². The van der Waals surface area contributed by atoms with Crippen molar-refractivity contribution >= 4 is 13.8 Å². The first-order chi connectivity index (χ1) is 8.91. The maximum Gasteiger partial charge on any atom is 0.509 e. The van der Waals surface area contributed by atoms with Crippen LogP contribution < -0.4 is 0 Å². The zero-order valence-electron chi connectivity index (χ0n) is 9.36. The predicted molar refractivity (Wildman–Crippen MR) is 47.8 cm³/mol. The predicted octanol–water partition coefficient (Wildman–Crippen LogP) is 2.83. The molecule has 0 radical (unpaired) electrons. The Morgan fingerprint density at radius 2 is 1.55 bits per heavy atom. The molecule has 13 heteroatoms. The minimum absolute atomic E-state index is 0.841. The van der Waals surface area contributed by atoms with Gasteiger partial charge in [-0.15, -0.1) is 0 Å². The molecular weight excluding hydrogens is 325 g/mol. The fourth-order valence-corrected chi connectivity index (χ4v) is 2.54. The summed E-state index contributed by atoms with van der Waals surface area (Å²) < 4.78 is 99.6. The summed E-state index contributed by atoms with van der Waals surface area (Å²) in [7, 11) is -5.01. The molecule has 1 fully saturated rings. The summed E-state index contributed by atoms with van der Waals surface area (Å²) in [4.78, 5) is 10.6. The van der Waals surface area contributed by atoms with Gasteiger partial charge in [0.05, 0.1) is 0 Å². The Kier molecular flexibility index (Phi) is 4.93. The Bertz CT molecular complexity index is 384. The van der Waals surface area contributed by atoms with Crippen molar-refractivity contribution in [1.29, 1.82) is 0 Å². The van der Waals surface area contributed by atoms with Gasteiger partial charge in [-0.25, -0.2) is 4.79 Å². The van der Waals surface area contributed by atoms with Gasteiger partial charge in [0, 0.05) is 0 Å². The molecule has 0 N–H and O–H groups in total. The number of rotatable bonds is 5. The molecule has 0 amide bonds. The third-order valence-corrected chi connectivity index (χ3v) is 3.68. The van der Waals surface area contributed by atoms with Crippen molar-refractivity contribution in [1.82, 2.24) is 0 Å². The van der Waals surface area contributed by atoms with Crippen LogP contribution in [0.4, 0.5) is 31.1 Å². The van der Waals surface area contributed by atoms with Crippen LogP contribution in [0.25, 0.3) is 0 Å². The molecule has 1 rings (SSSR count). The van der Waals surface area contributed by atoms with E-state index in [-0.39, 0.29) is 0 Å². The van der Waals surface area contributed by atoms with Gasteiger partial charge >= 0.3 is 26.1 Å². The first-order valence-corrected chi connectivity index (χ1v) is 6.38. The Morgan fingerprint density at radius 3 is 1.85 bits per heavy atom. The van der Waals surface area contributed by atoms with Gasteiger partial charge in [0.25, 0.3) is 0 Å². The monoisotopic (exact) mass is 332 g/mol. The second kappa shape index (κ2) is 5.78. The fraction of sp³-hybridized carbons (Fsp3) is 0.857. The molecule has 1 aliphatic rings. The van der Waals surface area contributed by atoms with Crippen molar-refractivity contribution in [2.45, 2.75) is 18.2 Å². The van der Waals surface area contributed by atoms with E-state index in [1.165, 1.54) is 0 Å². The fourth-order valence-electron chi connectivity index (χ4n) is 1.00. The molecule has 0 aromatic heterocycles. The van der Waals surface area contributed by atoms with Crippen LogP contribution in [-0.4, -0.2) is 44.2 Å². The molecule has 1 aliphatic heterocycles. The lowest BCUT2D eigenvalue weighted by molar-refractivity contribution is -0.166. The molecular formula is C7H7F6O6P. The number of carbonyl (C=O) groups is 1. The lowest BCUT2D eigenvalue weighted by Gasteiger charge is -2.22. The largest absolute Gasteiger partial charge is 0.509 e. The van der Waals surface area contributed by atoms with Crippen LogP contribution in [0.3, 0.4) is 0 Å². The van der Waals surface area contributed by atoms with Crippen molar-refractivity contribution in [3.8, 4) is 0 Å². The molecule has 1 unspecified atom stereocenters. The van der Waals surface area contributed by atoms with Gasteiger partial charge in [-0.1, -0.05) is 0 Å². The molecule has 0 aliphatic carbocycles. The molecule has 0 aromatic carbocycles. The first-order valence-electron chi connectivity index (χ1n) is 4.77. The van der Waals surface area contributed by atoms with Crippen LogP contribution >= 0.6 is 7.60 Å². The second-order valence-corrected chi connectivity index (χ2v) is 5.62. The van der Waals surface area contributed by atoms with Crippen molar-refractivity contribution in [3.05, 3.63) is 0 Å². The van der Waals surface area contributed by atoms with E-state index in [2.05, 4.69) is 18.5 Å². The molecule has 1 saturated heterocycles. The highest BCUT2D eigenvalue weighted by molar-refractivity contribution is 7.54. The van der Waals surface area contributed by atoms with Gasteiger partial charge < -0.3 is 9.47 Å². The van der Waals surface area contributed by atoms with Gasteiger partial charge in [0.15, 0.2) is 13.2 Å². The van der Waals surface area contributed by atoms with Gasteiger partial charge in [-0.2, -0.15) is 26.3 Å². The average molecular weight is 332 g/mol. The standard InChI is InChI=1S/C7H7F6O6P/c8-6(9,10)2-17-20(15,18-3-7(11,12)13)4-1-16-5(14)19-4/h4H,1-3H2. The van der Waals surface area contributed by atoms with E-state index >= 15 is 0 Å². The first kappa shape index (κ1) is 17.1. The molecule has 0 bridgehead atoms. The van der Waals surface area contributed by atoms with Crippen LogP contribution in [0.2, 0.25) is 0 Å². The number of carbonyl (C=O) groups excluding carboxylic acids is 1. The number of hydrogen-bond acceptors (Lipinski definition) is 6. The highest BCUT2D eigenvalue weighted by Gasteiger charge is 2.48. The van der Waals surface area contributed by atoms with Crippen molar-refractivity contribution < 1.29 is 54.2 Å². The number of halogens is 6. The van der Waals surface area contributed by atoms with E-state index < -0.39 is 51.8 Å². The number of alkyl halides is 6. The summed E-state index contributed by atoms with van der Waals surface area (Å²) in [6.07, 6.45) is -11.3. The second-order valence-electron chi connectivity index (χ2n) is 3.45. The van der Waals surface area contributed by atoms with E-state index in [4.69, 9.17) is 0 Å². The van der Waals surface area contributed by atoms with Crippen LogP contribution in [0.5, 0.6) is 0 Å². The molecule has 1 heterocycles. The zero-order valence-corrected chi connectivity index (χ0v) is 10.3. The Morgan fingerprint density at radius 1 is 1.10 bits per heavy atom. The summed E-state index contributed by atoms with van der Waals surface area (Å²) in [6.45, 7) is -5.10. The topological polar surface area (TPSA) is 71.1 Å². The van der Waals surface area contributed by atoms with Gasteiger partial charge in [-0.3, -0.25) is 13.6 Å². The van der Waals surface area contributed by atoms with E-state index in [9.17, 15) is 35.7 Å². The van der Waals surface area contributed by atoms with Gasteiger partial charge in [-0.05, 0) is 0 Å². The van der Waals surface area contributed by atoms with Crippen molar-refractivity contribution in [2.75, 3.05) is 19.8 Å². The van der Waals surface area contributed by atoms with Gasteiger partial charge in [0.2, 0.25) is 5.85 Å². The van der Waals surface area contributed by atoms with Crippen molar-refractivity contribution in [3.63, 3.8) is 0 Å². The summed E-state index contributed by atoms with van der Waals surface area (Å²) >= 11 is 0. The maximum atomic E-state index is 12.0. The summed E-state index contributed by atoms with van der Waals surface area (Å²) in [6, 6.07) is 0. The number of cyclic esters (lactones) is 2. The van der Waals surface area contributed by atoms with E-state index in [0.29, 0.717) is 0 Å². The van der Waals surface area contributed by atoms with E-state index in [1.54, 1.807) is 0 Å². The van der Waals surface area contributed by atoms with E-state index in [0.717, 1.165) is 0 Å². The molecule has 0 aromatic rings. The Balaban J connectivity index is 2.77. The van der Waals surface area contributed by atoms with Crippen LogP contribution in [-0.2, 0) is 23.1 Å². The van der Waals surface area contributed by atoms with Crippen LogP contribution in [0.1, 0.15) is 0 Å². The molecule has 20 heavy (non-hydrogen) atoms. The maximum absolute atomic E-state index is 12.0. The minimum Gasteiger partial charge on any atom is -0.430 e. The highest BCUT2D eigenvalue weighted by atomic mass is 31.2. The molecule has 0 spiro atoms. The smallest absolute Gasteiger partial charge is 0.430 e. The molecule has 6 nitrogen and oxygen atoms in total. The van der Waals surface area contributed by atoms with Crippen LogP contribution in [0, 0.1) is 0 Å². The Labute approximate surface area is 107 Å². The lowest BCUT2D eigenvalue weighted by Crippen LogP contribution is -2.24. The normalized spacial score (nSPS) is 20.7. The average Bonchev–Trinajstić information content (AvgIpc) is 2.69. The quantitative estimate of drug-likeness (QED) is 0.438. The third kappa shape index (κ3) is 5.55. The van der Waals surface area contributed by atoms with Gasteiger partial charge in [0.1, 0.15) is 6.61 Å². The summed E-state index contributed by atoms with van der Waals surface area (Å²) in [5.74, 6) is -1.99. The minimum atomic E-state index is -5.01.